The number of amides is 1. The molecule has 2 aliphatic rings. The van der Waals surface area contributed by atoms with Crippen LogP contribution < -0.4 is 5.32 Å². The Balaban J connectivity index is 1.77. The standard InChI is InChI=1S/C11H16F3NO3/c12-11(13,14)7-18-9(16)15-8-1-2-10(8)3-5-17-6-4-10/h8H,1-7H2,(H,15,16). The van der Waals surface area contributed by atoms with E-state index in [0.717, 1.165) is 25.7 Å². The van der Waals surface area contributed by atoms with E-state index in [4.69, 9.17) is 4.74 Å². The van der Waals surface area contributed by atoms with Crippen LogP contribution in [-0.2, 0) is 9.47 Å². The fourth-order valence-electron chi connectivity index (χ4n) is 2.63. The van der Waals surface area contributed by atoms with Gasteiger partial charge in [-0.1, -0.05) is 0 Å². The van der Waals surface area contributed by atoms with Crippen molar-refractivity contribution < 1.29 is 27.4 Å². The molecule has 1 aliphatic carbocycles. The number of hydrogen-bond acceptors (Lipinski definition) is 3. The zero-order chi connectivity index (χ0) is 13.2. The summed E-state index contributed by atoms with van der Waals surface area (Å²) < 4.78 is 45.0. The highest BCUT2D eigenvalue weighted by Crippen LogP contribution is 2.48. The molecular weight excluding hydrogens is 251 g/mol. The van der Waals surface area contributed by atoms with E-state index in [-0.39, 0.29) is 11.5 Å². The minimum absolute atomic E-state index is 0.00943. The van der Waals surface area contributed by atoms with Gasteiger partial charge in [0.25, 0.3) is 0 Å². The fourth-order valence-corrected chi connectivity index (χ4v) is 2.63. The molecule has 1 atom stereocenters. The molecule has 18 heavy (non-hydrogen) atoms. The Hall–Kier alpha value is -0.980. The third-order valence-electron chi connectivity index (χ3n) is 3.82. The van der Waals surface area contributed by atoms with E-state index in [1.165, 1.54) is 0 Å². The predicted octanol–water partition coefficient (Wildman–Crippen LogP) is 2.23. The average molecular weight is 267 g/mol. The maximum absolute atomic E-state index is 11.9. The summed E-state index contributed by atoms with van der Waals surface area (Å²) in [7, 11) is 0. The molecule has 0 radical (unpaired) electrons. The summed E-state index contributed by atoms with van der Waals surface area (Å²) in [6.45, 7) is -0.243. The van der Waals surface area contributed by atoms with Crippen LogP contribution in [0.5, 0.6) is 0 Å². The van der Waals surface area contributed by atoms with E-state index in [9.17, 15) is 18.0 Å². The van der Waals surface area contributed by atoms with Gasteiger partial charge in [0.05, 0.1) is 0 Å². The van der Waals surface area contributed by atoms with E-state index >= 15 is 0 Å². The minimum Gasteiger partial charge on any atom is -0.440 e. The number of carbonyl (C=O) groups excluding carboxylic acids is 1. The second-order valence-corrected chi connectivity index (χ2v) is 4.90. The van der Waals surface area contributed by atoms with Gasteiger partial charge < -0.3 is 14.8 Å². The second-order valence-electron chi connectivity index (χ2n) is 4.90. The second kappa shape index (κ2) is 4.95. The zero-order valence-corrected chi connectivity index (χ0v) is 9.89. The van der Waals surface area contributed by atoms with Gasteiger partial charge in [-0.05, 0) is 31.1 Å². The molecule has 0 aromatic carbocycles. The van der Waals surface area contributed by atoms with E-state index in [1.807, 2.05) is 0 Å². The van der Waals surface area contributed by atoms with Crippen molar-refractivity contribution in [3.63, 3.8) is 0 Å². The number of rotatable bonds is 2. The van der Waals surface area contributed by atoms with Crippen molar-refractivity contribution in [3.8, 4) is 0 Å². The molecule has 0 bridgehead atoms. The van der Waals surface area contributed by atoms with Crippen LogP contribution >= 0.6 is 0 Å². The third-order valence-corrected chi connectivity index (χ3v) is 3.82. The highest BCUT2D eigenvalue weighted by molar-refractivity contribution is 5.68. The van der Waals surface area contributed by atoms with E-state index in [0.29, 0.717) is 13.2 Å². The molecule has 1 unspecified atom stereocenters. The van der Waals surface area contributed by atoms with Crippen molar-refractivity contribution in [1.82, 2.24) is 5.32 Å². The summed E-state index contributed by atoms with van der Waals surface area (Å²) in [6, 6.07) is -0.0814. The van der Waals surface area contributed by atoms with Crippen molar-refractivity contribution in [2.75, 3.05) is 19.8 Å². The molecule has 1 amide bonds. The number of carbonyl (C=O) groups is 1. The Morgan fingerprint density at radius 3 is 2.50 bits per heavy atom. The number of alkyl carbamates (subject to hydrolysis) is 1. The zero-order valence-electron chi connectivity index (χ0n) is 9.89. The van der Waals surface area contributed by atoms with Gasteiger partial charge in [0.1, 0.15) is 0 Å². The van der Waals surface area contributed by atoms with Crippen LogP contribution in [0.2, 0.25) is 0 Å². The molecule has 1 spiro atoms. The van der Waals surface area contributed by atoms with Gasteiger partial charge >= 0.3 is 12.3 Å². The molecule has 0 aromatic heterocycles. The molecule has 0 aromatic rings. The van der Waals surface area contributed by atoms with Crippen LogP contribution in [0.1, 0.15) is 25.7 Å². The molecule has 1 saturated heterocycles. The van der Waals surface area contributed by atoms with Crippen molar-refractivity contribution in [3.05, 3.63) is 0 Å². The monoisotopic (exact) mass is 267 g/mol. The van der Waals surface area contributed by atoms with Crippen molar-refractivity contribution in [1.29, 1.82) is 0 Å². The van der Waals surface area contributed by atoms with Gasteiger partial charge in [-0.25, -0.2) is 4.79 Å². The number of nitrogens with one attached hydrogen (secondary N) is 1. The molecule has 104 valence electrons. The summed E-state index contributed by atoms with van der Waals surface area (Å²) >= 11 is 0. The van der Waals surface area contributed by atoms with Crippen LogP contribution in [0.25, 0.3) is 0 Å². The Morgan fingerprint density at radius 1 is 1.33 bits per heavy atom. The minimum atomic E-state index is -4.48. The summed E-state index contributed by atoms with van der Waals surface area (Å²) in [5, 5.41) is 2.53. The average Bonchev–Trinajstić information content (AvgIpc) is 2.32. The van der Waals surface area contributed by atoms with Gasteiger partial charge in [-0.2, -0.15) is 13.2 Å². The Labute approximate surface area is 103 Å². The Bertz CT molecular complexity index is 313. The van der Waals surface area contributed by atoms with E-state index in [1.54, 1.807) is 0 Å². The van der Waals surface area contributed by atoms with Crippen molar-refractivity contribution in [2.24, 2.45) is 5.41 Å². The first-order valence-corrected chi connectivity index (χ1v) is 5.99. The normalized spacial score (nSPS) is 26.5. The number of ether oxygens (including phenoxy) is 2. The first-order valence-electron chi connectivity index (χ1n) is 5.99. The highest BCUT2D eigenvalue weighted by Gasteiger charge is 2.48. The number of alkyl halides is 3. The van der Waals surface area contributed by atoms with Gasteiger partial charge in [-0.15, -0.1) is 0 Å². The van der Waals surface area contributed by atoms with Crippen LogP contribution in [0.15, 0.2) is 0 Å². The lowest BCUT2D eigenvalue weighted by molar-refractivity contribution is -0.161. The maximum atomic E-state index is 11.9. The quantitative estimate of drug-likeness (QED) is 0.834. The summed E-state index contributed by atoms with van der Waals surface area (Å²) in [6.07, 6.45) is -1.99. The number of halogens is 3. The van der Waals surface area contributed by atoms with Crippen molar-refractivity contribution >= 4 is 6.09 Å². The van der Waals surface area contributed by atoms with Crippen molar-refractivity contribution in [2.45, 2.75) is 37.9 Å². The van der Waals surface area contributed by atoms with Gasteiger partial charge in [-0.3, -0.25) is 0 Å². The lowest BCUT2D eigenvalue weighted by Crippen LogP contribution is -2.57. The molecule has 1 aliphatic heterocycles. The Kier molecular flexibility index (Phi) is 3.70. The van der Waals surface area contributed by atoms with Crippen LogP contribution in [0.4, 0.5) is 18.0 Å². The molecule has 2 fully saturated rings. The molecule has 2 rings (SSSR count). The highest BCUT2D eigenvalue weighted by atomic mass is 19.4. The topological polar surface area (TPSA) is 47.6 Å². The summed E-state index contributed by atoms with van der Waals surface area (Å²) in [4.78, 5) is 11.3. The first kappa shape index (κ1) is 13.5. The Morgan fingerprint density at radius 2 is 2.00 bits per heavy atom. The molecular formula is C11H16F3NO3. The summed E-state index contributed by atoms with van der Waals surface area (Å²) in [5.41, 5.74) is 0.00943. The maximum Gasteiger partial charge on any atom is 0.422 e. The van der Waals surface area contributed by atoms with Gasteiger partial charge in [0.2, 0.25) is 0 Å². The molecule has 1 heterocycles. The largest absolute Gasteiger partial charge is 0.440 e. The molecule has 4 nitrogen and oxygen atoms in total. The fraction of sp³-hybridized carbons (Fsp3) is 0.909. The summed E-state index contributed by atoms with van der Waals surface area (Å²) in [5.74, 6) is 0. The lowest BCUT2D eigenvalue weighted by atomic mass is 9.60. The van der Waals surface area contributed by atoms with Gasteiger partial charge in [0.15, 0.2) is 6.61 Å². The van der Waals surface area contributed by atoms with Gasteiger partial charge in [0, 0.05) is 19.3 Å². The SMILES string of the molecule is O=C(NC1CCC12CCOCC2)OCC(F)(F)F. The molecule has 7 heteroatoms. The number of hydrogen-bond donors (Lipinski definition) is 1. The van der Waals surface area contributed by atoms with Crippen LogP contribution in [-0.4, -0.2) is 38.1 Å². The molecule has 1 saturated carbocycles. The lowest BCUT2D eigenvalue weighted by Gasteiger charge is -2.51. The van der Waals surface area contributed by atoms with E-state index in [2.05, 4.69) is 10.1 Å². The van der Waals surface area contributed by atoms with Crippen LogP contribution in [0, 0.1) is 5.41 Å². The smallest absolute Gasteiger partial charge is 0.422 e. The van der Waals surface area contributed by atoms with Crippen LogP contribution in [0.3, 0.4) is 0 Å². The molecule has 1 N–H and O–H groups in total. The predicted molar refractivity (Wildman–Crippen MR) is 56.0 cm³/mol. The van der Waals surface area contributed by atoms with E-state index < -0.39 is 18.9 Å². The first-order chi connectivity index (χ1) is 8.41. The third kappa shape index (κ3) is 3.07.